The molecule has 1 aliphatic rings. The first-order valence-corrected chi connectivity index (χ1v) is 9.85. The summed E-state index contributed by atoms with van der Waals surface area (Å²) < 4.78 is 2.31. The summed E-state index contributed by atoms with van der Waals surface area (Å²) in [5, 5.41) is 2.99. The number of nitrogens with one attached hydrogen (secondary N) is 1. The van der Waals surface area contributed by atoms with Crippen LogP contribution in [-0.2, 0) is 13.1 Å². The zero-order chi connectivity index (χ0) is 19.8. The molecule has 5 nitrogen and oxygen atoms in total. The van der Waals surface area contributed by atoms with Crippen molar-refractivity contribution in [1.82, 2.24) is 9.55 Å². The Morgan fingerprint density at radius 1 is 0.931 bits per heavy atom. The Morgan fingerprint density at radius 2 is 1.69 bits per heavy atom. The van der Waals surface area contributed by atoms with Gasteiger partial charge < -0.3 is 14.8 Å². The van der Waals surface area contributed by atoms with Crippen molar-refractivity contribution in [2.75, 3.05) is 16.8 Å². The molecule has 0 saturated heterocycles. The molecule has 0 unspecified atom stereocenters. The van der Waals surface area contributed by atoms with Crippen molar-refractivity contribution >= 4 is 28.3 Å². The third-order valence-corrected chi connectivity index (χ3v) is 5.54. The molecule has 1 aliphatic heterocycles. The number of para-hydroxylation sites is 2. The lowest BCUT2D eigenvalue weighted by Gasteiger charge is -2.30. The third kappa shape index (κ3) is 3.25. The van der Waals surface area contributed by atoms with E-state index in [1.54, 1.807) is 0 Å². The minimum Gasteiger partial charge on any atom is -0.362 e. The zero-order valence-electron chi connectivity index (χ0n) is 16.3. The lowest BCUT2D eigenvalue weighted by atomic mass is 10.1. The van der Waals surface area contributed by atoms with Gasteiger partial charge in [-0.15, -0.1) is 0 Å². The van der Waals surface area contributed by atoms with Gasteiger partial charge >= 0.3 is 0 Å². The topological polar surface area (TPSA) is 50.2 Å². The summed E-state index contributed by atoms with van der Waals surface area (Å²) in [6, 6.07) is 24.0. The minimum atomic E-state index is -0.0810. The molecule has 5 rings (SSSR count). The second kappa shape index (κ2) is 7.09. The van der Waals surface area contributed by atoms with E-state index >= 15 is 0 Å². The standard InChI is InChI=1S/C24H22N4O/c1-17-6-2-3-7-20(17)24(29)25-18-10-12-19(13-11-18)27-14-15-28-22-9-5-4-8-21(22)26-23(28)16-27/h2-13H,14-16H2,1H3,(H,25,29). The summed E-state index contributed by atoms with van der Waals surface area (Å²) in [7, 11) is 0. The molecule has 4 aromatic rings. The van der Waals surface area contributed by atoms with E-state index in [-0.39, 0.29) is 5.91 Å². The maximum Gasteiger partial charge on any atom is 0.255 e. The van der Waals surface area contributed by atoms with Crippen LogP contribution in [0.15, 0.2) is 72.8 Å². The molecule has 0 bridgehead atoms. The van der Waals surface area contributed by atoms with E-state index in [1.165, 1.54) is 5.52 Å². The molecule has 2 heterocycles. The van der Waals surface area contributed by atoms with E-state index in [1.807, 2.05) is 49.4 Å². The highest BCUT2D eigenvalue weighted by Crippen LogP contribution is 2.26. The largest absolute Gasteiger partial charge is 0.362 e. The van der Waals surface area contributed by atoms with Crippen LogP contribution < -0.4 is 10.2 Å². The molecule has 144 valence electrons. The van der Waals surface area contributed by atoms with Gasteiger partial charge in [0.2, 0.25) is 0 Å². The second-order valence-corrected chi connectivity index (χ2v) is 7.41. The van der Waals surface area contributed by atoms with Gasteiger partial charge in [-0.25, -0.2) is 4.98 Å². The SMILES string of the molecule is Cc1ccccc1C(=O)Nc1ccc(N2CCn3c(nc4ccccc43)C2)cc1. The van der Waals surface area contributed by atoms with Crippen LogP contribution in [0, 0.1) is 6.92 Å². The average molecular weight is 382 g/mol. The maximum absolute atomic E-state index is 12.5. The number of aromatic nitrogens is 2. The molecule has 1 N–H and O–H groups in total. The normalized spacial score (nSPS) is 13.3. The second-order valence-electron chi connectivity index (χ2n) is 7.41. The van der Waals surface area contributed by atoms with Crippen LogP contribution in [0.4, 0.5) is 11.4 Å². The number of hydrogen-bond donors (Lipinski definition) is 1. The highest BCUT2D eigenvalue weighted by Gasteiger charge is 2.20. The molecule has 0 saturated carbocycles. The maximum atomic E-state index is 12.5. The molecule has 0 atom stereocenters. The molecule has 0 spiro atoms. The molecule has 0 aliphatic carbocycles. The van der Waals surface area contributed by atoms with Crippen LogP contribution in [0.5, 0.6) is 0 Å². The van der Waals surface area contributed by atoms with Gasteiger partial charge in [0.1, 0.15) is 5.82 Å². The quantitative estimate of drug-likeness (QED) is 0.563. The van der Waals surface area contributed by atoms with E-state index in [2.05, 4.69) is 45.1 Å². The fourth-order valence-electron chi connectivity index (χ4n) is 3.97. The van der Waals surface area contributed by atoms with E-state index in [4.69, 9.17) is 4.98 Å². The van der Waals surface area contributed by atoms with Crippen molar-refractivity contribution < 1.29 is 4.79 Å². The van der Waals surface area contributed by atoms with Crippen LogP contribution in [0.1, 0.15) is 21.7 Å². The molecule has 0 radical (unpaired) electrons. The van der Waals surface area contributed by atoms with Gasteiger partial charge in [0.15, 0.2) is 0 Å². The number of nitrogens with zero attached hydrogens (tertiary/aromatic N) is 3. The van der Waals surface area contributed by atoms with Gasteiger partial charge in [0.05, 0.1) is 17.6 Å². The number of hydrogen-bond acceptors (Lipinski definition) is 3. The summed E-state index contributed by atoms with van der Waals surface area (Å²) in [5.74, 6) is 1.01. The van der Waals surface area contributed by atoms with Crippen LogP contribution in [0.2, 0.25) is 0 Å². The Kier molecular flexibility index (Phi) is 4.28. The lowest BCUT2D eigenvalue weighted by molar-refractivity contribution is 0.102. The van der Waals surface area contributed by atoms with Crippen molar-refractivity contribution in [3.8, 4) is 0 Å². The van der Waals surface area contributed by atoms with Crippen molar-refractivity contribution in [3.05, 3.63) is 89.7 Å². The van der Waals surface area contributed by atoms with E-state index in [0.717, 1.165) is 47.9 Å². The number of aryl methyl sites for hydroxylation is 1. The first-order chi connectivity index (χ1) is 14.2. The fourth-order valence-corrected chi connectivity index (χ4v) is 3.97. The van der Waals surface area contributed by atoms with Gasteiger partial charge in [-0.3, -0.25) is 4.79 Å². The summed E-state index contributed by atoms with van der Waals surface area (Å²) in [6.07, 6.45) is 0. The van der Waals surface area contributed by atoms with Crippen LogP contribution in [0.25, 0.3) is 11.0 Å². The predicted molar refractivity (Wildman–Crippen MR) is 116 cm³/mol. The fraction of sp³-hybridized carbons (Fsp3) is 0.167. The Labute approximate surface area is 169 Å². The molecule has 5 heteroatoms. The Balaban J connectivity index is 1.32. The number of amides is 1. The first-order valence-electron chi connectivity index (χ1n) is 9.85. The molecule has 3 aromatic carbocycles. The number of fused-ring (bicyclic) bond motifs is 3. The number of anilines is 2. The molecular formula is C24H22N4O. The Bertz CT molecular complexity index is 1190. The minimum absolute atomic E-state index is 0.0810. The molecule has 1 aromatic heterocycles. The van der Waals surface area contributed by atoms with Crippen LogP contribution in [-0.4, -0.2) is 22.0 Å². The van der Waals surface area contributed by atoms with E-state index in [0.29, 0.717) is 5.56 Å². The Morgan fingerprint density at radius 3 is 2.52 bits per heavy atom. The average Bonchev–Trinajstić information content (AvgIpc) is 3.12. The third-order valence-electron chi connectivity index (χ3n) is 5.54. The summed E-state index contributed by atoms with van der Waals surface area (Å²) >= 11 is 0. The number of imidazole rings is 1. The highest BCUT2D eigenvalue weighted by atomic mass is 16.1. The molecular weight excluding hydrogens is 360 g/mol. The summed E-state index contributed by atoms with van der Waals surface area (Å²) in [4.78, 5) is 19.6. The van der Waals surface area contributed by atoms with Gasteiger partial charge in [0, 0.05) is 30.0 Å². The van der Waals surface area contributed by atoms with Gasteiger partial charge in [0.25, 0.3) is 5.91 Å². The lowest BCUT2D eigenvalue weighted by Crippen LogP contribution is -2.33. The van der Waals surface area contributed by atoms with Gasteiger partial charge in [-0.2, -0.15) is 0 Å². The summed E-state index contributed by atoms with van der Waals surface area (Å²) in [6.45, 7) is 4.58. The van der Waals surface area contributed by atoms with Crippen molar-refractivity contribution in [1.29, 1.82) is 0 Å². The summed E-state index contributed by atoms with van der Waals surface area (Å²) in [5.41, 5.74) is 5.86. The zero-order valence-corrected chi connectivity index (χ0v) is 16.3. The van der Waals surface area contributed by atoms with Crippen molar-refractivity contribution in [3.63, 3.8) is 0 Å². The monoisotopic (exact) mass is 382 g/mol. The van der Waals surface area contributed by atoms with E-state index < -0.39 is 0 Å². The van der Waals surface area contributed by atoms with Gasteiger partial charge in [-0.05, 0) is 55.0 Å². The van der Waals surface area contributed by atoms with Crippen LogP contribution >= 0.6 is 0 Å². The van der Waals surface area contributed by atoms with Crippen LogP contribution in [0.3, 0.4) is 0 Å². The smallest absolute Gasteiger partial charge is 0.255 e. The predicted octanol–water partition coefficient (Wildman–Crippen LogP) is 4.62. The molecule has 1 amide bonds. The van der Waals surface area contributed by atoms with Crippen molar-refractivity contribution in [2.24, 2.45) is 0 Å². The van der Waals surface area contributed by atoms with Gasteiger partial charge in [-0.1, -0.05) is 30.3 Å². The van der Waals surface area contributed by atoms with Crippen molar-refractivity contribution in [2.45, 2.75) is 20.0 Å². The molecule has 29 heavy (non-hydrogen) atoms. The number of benzene rings is 3. The number of carbonyl (C=O) groups is 1. The highest BCUT2D eigenvalue weighted by molar-refractivity contribution is 6.05. The van der Waals surface area contributed by atoms with E-state index in [9.17, 15) is 4.79 Å². The number of rotatable bonds is 3. The molecule has 0 fully saturated rings. The number of carbonyl (C=O) groups excluding carboxylic acids is 1. The Hall–Kier alpha value is -3.60. The first kappa shape index (κ1) is 17.5.